The standard InChI is InChI=1S/C9H11Cl2IN2O2/c1-15-4-5-16-3-2-6-13-8(10)7(12)9(11)14-6/h2-5H2,1H3. The van der Waals surface area contributed by atoms with E-state index in [0.29, 0.717) is 45.9 Å². The minimum atomic E-state index is 0.382. The van der Waals surface area contributed by atoms with E-state index in [1.165, 1.54) is 0 Å². The maximum absolute atomic E-state index is 5.88. The number of nitrogens with zero attached hydrogens (tertiary/aromatic N) is 2. The first kappa shape index (κ1) is 14.4. The number of halogens is 3. The Labute approximate surface area is 118 Å². The van der Waals surface area contributed by atoms with Crippen molar-refractivity contribution in [1.82, 2.24) is 9.97 Å². The van der Waals surface area contributed by atoms with Gasteiger partial charge in [-0.3, -0.25) is 0 Å². The normalized spacial score (nSPS) is 10.8. The molecule has 0 atom stereocenters. The molecule has 0 radical (unpaired) electrons. The molecule has 16 heavy (non-hydrogen) atoms. The van der Waals surface area contributed by atoms with Gasteiger partial charge in [-0.1, -0.05) is 23.2 Å². The van der Waals surface area contributed by atoms with E-state index in [2.05, 4.69) is 9.97 Å². The lowest BCUT2D eigenvalue weighted by atomic mass is 10.4. The van der Waals surface area contributed by atoms with E-state index in [1.807, 2.05) is 22.6 Å². The summed E-state index contributed by atoms with van der Waals surface area (Å²) in [6, 6.07) is 0. The summed E-state index contributed by atoms with van der Waals surface area (Å²) in [5.74, 6) is 0.591. The highest BCUT2D eigenvalue weighted by molar-refractivity contribution is 14.1. The monoisotopic (exact) mass is 376 g/mol. The van der Waals surface area contributed by atoms with Gasteiger partial charge in [-0.15, -0.1) is 0 Å². The summed E-state index contributed by atoms with van der Waals surface area (Å²) in [7, 11) is 1.63. The van der Waals surface area contributed by atoms with Crippen LogP contribution in [0.4, 0.5) is 0 Å². The Hall–Kier alpha value is 0.310. The number of methoxy groups -OCH3 is 1. The molecular formula is C9H11Cl2IN2O2. The summed E-state index contributed by atoms with van der Waals surface area (Å²) >= 11 is 13.8. The fourth-order valence-corrected chi connectivity index (χ4v) is 1.62. The molecule has 0 spiro atoms. The third-order valence-corrected chi connectivity index (χ3v) is 3.92. The Bertz CT molecular complexity index is 329. The first-order valence-electron chi connectivity index (χ1n) is 4.59. The smallest absolute Gasteiger partial charge is 0.147 e. The highest BCUT2D eigenvalue weighted by Gasteiger charge is 2.08. The van der Waals surface area contributed by atoms with Crippen molar-refractivity contribution in [2.45, 2.75) is 6.42 Å². The largest absolute Gasteiger partial charge is 0.382 e. The summed E-state index contributed by atoms with van der Waals surface area (Å²) in [6.45, 7) is 1.66. The van der Waals surface area contributed by atoms with Crippen LogP contribution in [0.3, 0.4) is 0 Å². The fourth-order valence-electron chi connectivity index (χ4n) is 0.954. The van der Waals surface area contributed by atoms with E-state index < -0.39 is 0 Å². The molecule has 0 unspecified atom stereocenters. The van der Waals surface area contributed by atoms with Crippen LogP contribution in [0.25, 0.3) is 0 Å². The van der Waals surface area contributed by atoms with E-state index in [9.17, 15) is 0 Å². The Kier molecular flexibility index (Phi) is 6.83. The van der Waals surface area contributed by atoms with Gasteiger partial charge in [0, 0.05) is 13.5 Å². The molecule has 0 aliphatic carbocycles. The summed E-state index contributed by atoms with van der Waals surface area (Å²) < 4.78 is 10.8. The molecule has 1 heterocycles. The molecule has 0 N–H and O–H groups in total. The number of ether oxygens (including phenoxy) is 2. The highest BCUT2D eigenvalue weighted by atomic mass is 127. The fraction of sp³-hybridized carbons (Fsp3) is 0.556. The van der Waals surface area contributed by atoms with Gasteiger partial charge in [-0.25, -0.2) is 9.97 Å². The van der Waals surface area contributed by atoms with E-state index >= 15 is 0 Å². The molecule has 7 heteroatoms. The highest BCUT2D eigenvalue weighted by Crippen LogP contribution is 2.22. The van der Waals surface area contributed by atoms with Crippen molar-refractivity contribution in [1.29, 1.82) is 0 Å². The second-order valence-corrected chi connectivity index (χ2v) is 4.69. The first-order valence-corrected chi connectivity index (χ1v) is 6.42. The zero-order chi connectivity index (χ0) is 12.0. The van der Waals surface area contributed by atoms with Gasteiger partial charge in [-0.05, 0) is 22.6 Å². The van der Waals surface area contributed by atoms with Gasteiger partial charge < -0.3 is 9.47 Å². The molecule has 1 rings (SSSR count). The van der Waals surface area contributed by atoms with E-state index in [-0.39, 0.29) is 0 Å². The van der Waals surface area contributed by atoms with Crippen molar-refractivity contribution < 1.29 is 9.47 Å². The van der Waals surface area contributed by atoms with Gasteiger partial charge in [0.25, 0.3) is 0 Å². The Morgan fingerprint density at radius 2 is 1.75 bits per heavy atom. The van der Waals surface area contributed by atoms with E-state index in [1.54, 1.807) is 7.11 Å². The molecule has 4 nitrogen and oxygen atoms in total. The molecular weight excluding hydrogens is 366 g/mol. The van der Waals surface area contributed by atoms with Gasteiger partial charge in [0.15, 0.2) is 0 Å². The lowest BCUT2D eigenvalue weighted by Crippen LogP contribution is -2.07. The molecule has 0 aromatic carbocycles. The molecule has 0 bridgehead atoms. The van der Waals surface area contributed by atoms with Crippen molar-refractivity contribution in [3.05, 3.63) is 19.7 Å². The predicted octanol–water partition coefficient (Wildman–Crippen LogP) is 2.59. The van der Waals surface area contributed by atoms with Gasteiger partial charge >= 0.3 is 0 Å². The van der Waals surface area contributed by atoms with Crippen molar-refractivity contribution in [3.63, 3.8) is 0 Å². The van der Waals surface area contributed by atoms with Crippen molar-refractivity contribution in [3.8, 4) is 0 Å². The molecule has 1 aromatic rings. The maximum Gasteiger partial charge on any atom is 0.147 e. The zero-order valence-corrected chi connectivity index (χ0v) is 12.3. The Morgan fingerprint density at radius 3 is 2.31 bits per heavy atom. The second kappa shape index (κ2) is 7.60. The van der Waals surface area contributed by atoms with Crippen LogP contribution in [-0.4, -0.2) is 36.9 Å². The topological polar surface area (TPSA) is 44.2 Å². The molecule has 0 aliphatic heterocycles. The van der Waals surface area contributed by atoms with Crippen molar-refractivity contribution >= 4 is 45.8 Å². The number of hydrogen-bond acceptors (Lipinski definition) is 4. The summed E-state index contributed by atoms with van der Waals surface area (Å²) in [6.07, 6.45) is 0.583. The molecule has 0 fully saturated rings. The van der Waals surface area contributed by atoms with Gasteiger partial charge in [0.2, 0.25) is 0 Å². The molecule has 0 amide bonds. The number of rotatable bonds is 6. The van der Waals surface area contributed by atoms with Crippen LogP contribution in [0.5, 0.6) is 0 Å². The molecule has 0 saturated carbocycles. The lowest BCUT2D eigenvalue weighted by molar-refractivity contribution is 0.0716. The van der Waals surface area contributed by atoms with Crippen LogP contribution in [0, 0.1) is 3.57 Å². The van der Waals surface area contributed by atoms with Crippen LogP contribution < -0.4 is 0 Å². The summed E-state index contributed by atoms with van der Waals surface area (Å²) in [5.41, 5.74) is 0. The number of hydrogen-bond donors (Lipinski definition) is 0. The minimum Gasteiger partial charge on any atom is -0.382 e. The predicted molar refractivity (Wildman–Crippen MR) is 71.2 cm³/mol. The van der Waals surface area contributed by atoms with Gasteiger partial charge in [-0.2, -0.15) is 0 Å². The molecule has 90 valence electrons. The van der Waals surface area contributed by atoms with Gasteiger partial charge in [0.1, 0.15) is 16.1 Å². The van der Waals surface area contributed by atoms with Crippen LogP contribution in [0.1, 0.15) is 5.82 Å². The Balaban J connectivity index is 2.43. The third-order valence-electron chi connectivity index (χ3n) is 1.72. The SMILES string of the molecule is COCCOCCc1nc(Cl)c(I)c(Cl)n1. The minimum absolute atomic E-state index is 0.382. The van der Waals surface area contributed by atoms with Crippen molar-refractivity contribution in [2.75, 3.05) is 26.9 Å². The third kappa shape index (κ3) is 4.67. The first-order chi connectivity index (χ1) is 7.65. The van der Waals surface area contributed by atoms with Crippen LogP contribution in [-0.2, 0) is 15.9 Å². The quantitative estimate of drug-likeness (QED) is 0.435. The van der Waals surface area contributed by atoms with Gasteiger partial charge in [0.05, 0.1) is 23.4 Å². The van der Waals surface area contributed by atoms with E-state index in [0.717, 1.165) is 0 Å². The maximum atomic E-state index is 5.88. The Morgan fingerprint density at radius 1 is 1.12 bits per heavy atom. The molecule has 1 aromatic heterocycles. The zero-order valence-electron chi connectivity index (χ0n) is 8.67. The average molecular weight is 377 g/mol. The average Bonchev–Trinajstić information content (AvgIpc) is 2.25. The lowest BCUT2D eigenvalue weighted by Gasteiger charge is -2.04. The molecule has 0 saturated heterocycles. The van der Waals surface area contributed by atoms with E-state index in [4.69, 9.17) is 32.7 Å². The van der Waals surface area contributed by atoms with Crippen LogP contribution in [0.15, 0.2) is 0 Å². The van der Waals surface area contributed by atoms with Crippen molar-refractivity contribution in [2.24, 2.45) is 0 Å². The summed E-state index contributed by atoms with van der Waals surface area (Å²) in [4.78, 5) is 8.20. The summed E-state index contributed by atoms with van der Waals surface area (Å²) in [5, 5.41) is 0.764. The van der Waals surface area contributed by atoms with Crippen LogP contribution >= 0.6 is 45.8 Å². The number of aromatic nitrogens is 2. The second-order valence-electron chi connectivity index (χ2n) is 2.89. The molecule has 0 aliphatic rings. The van der Waals surface area contributed by atoms with Crippen LogP contribution in [0.2, 0.25) is 10.3 Å².